The average molecular weight is 252 g/mol. The lowest BCUT2D eigenvalue weighted by Crippen LogP contribution is -2.54. The van der Waals surface area contributed by atoms with Crippen LogP contribution < -0.4 is 0 Å². The number of fused-ring (bicyclic) bond motifs is 1. The molecule has 0 amide bonds. The average Bonchev–Trinajstić information content (AvgIpc) is 2.26. The van der Waals surface area contributed by atoms with Gasteiger partial charge in [-0.1, -0.05) is 27.2 Å². The fraction of sp³-hybridized carbons (Fsp3) is 0.867. The molecule has 102 valence electrons. The Labute approximate surface area is 109 Å². The number of carbonyl (C=O) groups is 2. The molecule has 0 heterocycles. The van der Waals surface area contributed by atoms with Crippen molar-refractivity contribution in [3.8, 4) is 0 Å². The maximum Gasteiger partial charge on any atom is 0.316 e. The zero-order chi connectivity index (χ0) is 13.6. The van der Waals surface area contributed by atoms with Crippen LogP contribution >= 0.6 is 0 Å². The van der Waals surface area contributed by atoms with Gasteiger partial charge < -0.3 is 4.74 Å². The molecule has 0 spiro atoms. The van der Waals surface area contributed by atoms with Crippen LogP contribution in [-0.4, -0.2) is 18.9 Å². The van der Waals surface area contributed by atoms with Crippen LogP contribution in [0, 0.1) is 22.7 Å². The summed E-state index contributed by atoms with van der Waals surface area (Å²) in [4.78, 5) is 24.2. The molecule has 0 N–H and O–H groups in total. The number of rotatable bonds is 1. The number of esters is 1. The molecule has 0 saturated heterocycles. The molecule has 0 aliphatic heterocycles. The van der Waals surface area contributed by atoms with E-state index in [0.29, 0.717) is 12.3 Å². The third-order valence-corrected chi connectivity index (χ3v) is 5.37. The zero-order valence-corrected chi connectivity index (χ0v) is 11.9. The van der Waals surface area contributed by atoms with Gasteiger partial charge >= 0.3 is 5.97 Å². The first kappa shape index (κ1) is 13.6. The Morgan fingerprint density at radius 1 is 1.28 bits per heavy atom. The predicted octanol–water partition coefficient (Wildman–Crippen LogP) is 2.97. The highest BCUT2D eigenvalue weighted by Crippen LogP contribution is 2.59. The number of carbonyl (C=O) groups excluding carboxylic acids is 2. The number of methoxy groups -OCH3 is 1. The maximum absolute atomic E-state index is 12.2. The molecule has 0 aromatic rings. The second kappa shape index (κ2) is 4.36. The van der Waals surface area contributed by atoms with Gasteiger partial charge in [0.25, 0.3) is 0 Å². The van der Waals surface area contributed by atoms with Crippen LogP contribution in [0.2, 0.25) is 0 Å². The van der Waals surface area contributed by atoms with Crippen LogP contribution in [-0.2, 0) is 14.3 Å². The maximum atomic E-state index is 12.2. The zero-order valence-electron chi connectivity index (χ0n) is 11.9. The number of ketones is 1. The van der Waals surface area contributed by atoms with Gasteiger partial charge in [0.05, 0.1) is 7.11 Å². The van der Waals surface area contributed by atoms with E-state index < -0.39 is 5.92 Å². The molecule has 2 unspecified atom stereocenters. The molecule has 3 atom stereocenters. The highest BCUT2D eigenvalue weighted by atomic mass is 16.5. The summed E-state index contributed by atoms with van der Waals surface area (Å²) in [6, 6.07) is 0. The van der Waals surface area contributed by atoms with E-state index in [0.717, 1.165) is 19.3 Å². The summed E-state index contributed by atoms with van der Waals surface area (Å²) in [7, 11) is 1.39. The molecule has 0 aromatic carbocycles. The minimum atomic E-state index is -0.541. The molecular formula is C15H24O3. The molecule has 2 saturated carbocycles. The molecule has 0 aromatic heterocycles. The van der Waals surface area contributed by atoms with Gasteiger partial charge in [-0.3, -0.25) is 9.59 Å². The van der Waals surface area contributed by atoms with E-state index >= 15 is 0 Å². The van der Waals surface area contributed by atoms with Crippen molar-refractivity contribution in [1.29, 1.82) is 0 Å². The number of hydrogen-bond donors (Lipinski definition) is 0. The summed E-state index contributed by atoms with van der Waals surface area (Å²) >= 11 is 0. The molecular weight excluding hydrogens is 228 g/mol. The molecule has 2 fully saturated rings. The van der Waals surface area contributed by atoms with Crippen molar-refractivity contribution in [3.63, 3.8) is 0 Å². The molecule has 0 bridgehead atoms. The Hall–Kier alpha value is -0.860. The molecule has 0 radical (unpaired) electrons. The van der Waals surface area contributed by atoms with Crippen LogP contribution in [0.25, 0.3) is 0 Å². The van der Waals surface area contributed by atoms with Gasteiger partial charge in [0.15, 0.2) is 0 Å². The van der Waals surface area contributed by atoms with Gasteiger partial charge in [0.2, 0.25) is 0 Å². The van der Waals surface area contributed by atoms with E-state index in [2.05, 4.69) is 20.8 Å². The normalized spacial score (nSPS) is 39.0. The lowest BCUT2D eigenvalue weighted by Gasteiger charge is -2.55. The summed E-state index contributed by atoms with van der Waals surface area (Å²) < 4.78 is 4.88. The van der Waals surface area contributed by atoms with Gasteiger partial charge in [-0.15, -0.1) is 0 Å². The monoisotopic (exact) mass is 252 g/mol. The van der Waals surface area contributed by atoms with Crippen LogP contribution in [0.5, 0.6) is 0 Å². The minimum Gasteiger partial charge on any atom is -0.468 e. The summed E-state index contributed by atoms with van der Waals surface area (Å²) in [5, 5.41) is 0. The Balaban J connectivity index is 2.40. The van der Waals surface area contributed by atoms with Crippen molar-refractivity contribution in [2.45, 2.75) is 52.9 Å². The van der Waals surface area contributed by atoms with Gasteiger partial charge in [-0.05, 0) is 36.0 Å². The van der Waals surface area contributed by atoms with E-state index in [1.54, 1.807) is 0 Å². The Bertz CT molecular complexity index is 364. The largest absolute Gasteiger partial charge is 0.468 e. The molecule has 2 rings (SSSR count). The van der Waals surface area contributed by atoms with Crippen molar-refractivity contribution >= 4 is 11.8 Å². The minimum absolute atomic E-state index is 0.0818. The third-order valence-electron chi connectivity index (χ3n) is 5.37. The van der Waals surface area contributed by atoms with Crippen molar-refractivity contribution in [1.82, 2.24) is 0 Å². The van der Waals surface area contributed by atoms with Gasteiger partial charge in [-0.2, -0.15) is 0 Å². The van der Waals surface area contributed by atoms with Crippen molar-refractivity contribution in [2.75, 3.05) is 7.11 Å². The second-order valence-corrected chi connectivity index (χ2v) is 6.86. The van der Waals surface area contributed by atoms with Gasteiger partial charge in [0, 0.05) is 6.42 Å². The SMILES string of the molecule is COC(=O)C1C(=O)CCC2C(C)(C)CCC[C@]12C. The number of ether oxygens (including phenoxy) is 1. The predicted molar refractivity (Wildman–Crippen MR) is 69.0 cm³/mol. The third kappa shape index (κ3) is 1.88. The van der Waals surface area contributed by atoms with E-state index in [1.807, 2.05) is 0 Å². The second-order valence-electron chi connectivity index (χ2n) is 6.86. The fourth-order valence-electron chi connectivity index (χ4n) is 4.55. The van der Waals surface area contributed by atoms with E-state index in [9.17, 15) is 9.59 Å². The first-order valence-corrected chi connectivity index (χ1v) is 6.93. The standard InChI is InChI=1S/C15H24O3/c1-14(2)8-5-9-15(3)11(14)7-6-10(16)12(15)13(17)18-4/h11-12H,5-9H2,1-4H3/t11?,12?,15-/m0/s1. The summed E-state index contributed by atoms with van der Waals surface area (Å²) in [5.74, 6) is -0.343. The van der Waals surface area contributed by atoms with Crippen molar-refractivity contribution in [3.05, 3.63) is 0 Å². The topological polar surface area (TPSA) is 43.4 Å². The van der Waals surface area contributed by atoms with E-state index in [4.69, 9.17) is 4.74 Å². The van der Waals surface area contributed by atoms with Crippen molar-refractivity contribution < 1.29 is 14.3 Å². The Morgan fingerprint density at radius 2 is 1.94 bits per heavy atom. The quantitative estimate of drug-likeness (QED) is 0.532. The molecule has 2 aliphatic carbocycles. The molecule has 18 heavy (non-hydrogen) atoms. The van der Waals surface area contributed by atoms with Crippen molar-refractivity contribution in [2.24, 2.45) is 22.7 Å². The summed E-state index contributed by atoms with van der Waals surface area (Å²) in [6.45, 7) is 6.68. The molecule has 3 nitrogen and oxygen atoms in total. The van der Waals surface area contributed by atoms with Crippen LogP contribution in [0.1, 0.15) is 52.9 Å². The Morgan fingerprint density at radius 3 is 2.56 bits per heavy atom. The lowest BCUT2D eigenvalue weighted by molar-refractivity contribution is -0.167. The van der Waals surface area contributed by atoms with Crippen LogP contribution in [0.15, 0.2) is 0 Å². The van der Waals surface area contributed by atoms with E-state index in [-0.39, 0.29) is 22.6 Å². The van der Waals surface area contributed by atoms with Gasteiger partial charge in [-0.25, -0.2) is 0 Å². The molecule has 3 heteroatoms. The van der Waals surface area contributed by atoms with Crippen LogP contribution in [0.3, 0.4) is 0 Å². The Kier molecular flexibility index (Phi) is 3.28. The van der Waals surface area contributed by atoms with E-state index in [1.165, 1.54) is 13.5 Å². The lowest BCUT2D eigenvalue weighted by atomic mass is 9.48. The summed E-state index contributed by atoms with van der Waals surface area (Å²) in [5.41, 5.74) is 0.0180. The molecule has 2 aliphatic rings. The number of hydrogen-bond acceptors (Lipinski definition) is 3. The smallest absolute Gasteiger partial charge is 0.316 e. The van der Waals surface area contributed by atoms with Crippen LogP contribution in [0.4, 0.5) is 0 Å². The summed E-state index contributed by atoms with van der Waals surface area (Å²) in [6.07, 6.45) is 4.71. The highest BCUT2D eigenvalue weighted by molar-refractivity contribution is 6.00. The first-order chi connectivity index (χ1) is 8.33. The fourth-order valence-corrected chi connectivity index (χ4v) is 4.55. The highest BCUT2D eigenvalue weighted by Gasteiger charge is 2.57. The van der Waals surface area contributed by atoms with Gasteiger partial charge in [0.1, 0.15) is 11.7 Å². The number of Topliss-reactive ketones (excluding diaryl/α,β-unsaturated/α-hetero) is 1. The first-order valence-electron chi connectivity index (χ1n) is 6.93.